The van der Waals surface area contributed by atoms with Gasteiger partial charge in [0.25, 0.3) is 0 Å². The van der Waals surface area contributed by atoms with Crippen LogP contribution in [0.2, 0.25) is 18.1 Å². The highest BCUT2D eigenvalue weighted by molar-refractivity contribution is 6.74. The largest absolute Gasteiger partial charge is 0.413 e. The van der Waals surface area contributed by atoms with Gasteiger partial charge < -0.3 is 4.43 Å². The number of hydrogen-bond acceptors (Lipinski definition) is 1. The Balaban J connectivity index is 4.16. The molecule has 0 amide bonds. The summed E-state index contributed by atoms with van der Waals surface area (Å²) < 4.78 is 6.04. The third-order valence-corrected chi connectivity index (χ3v) is 7.49. The molecule has 1 nitrogen and oxygen atoms in total. The third-order valence-electron chi connectivity index (χ3n) is 3.01. The van der Waals surface area contributed by atoms with Gasteiger partial charge in [-0.25, -0.2) is 0 Å². The van der Waals surface area contributed by atoms with Crippen LogP contribution in [0.1, 0.15) is 34.1 Å². The lowest BCUT2D eigenvalue weighted by Crippen LogP contribution is -2.41. The lowest BCUT2D eigenvalue weighted by molar-refractivity contribution is 0.322. The second-order valence-corrected chi connectivity index (χ2v) is 10.3. The van der Waals surface area contributed by atoms with Gasteiger partial charge in [0.15, 0.2) is 8.32 Å². The van der Waals surface area contributed by atoms with E-state index < -0.39 is 8.32 Å². The van der Waals surface area contributed by atoms with Crippen LogP contribution in [0.4, 0.5) is 0 Å². The molecule has 0 aromatic carbocycles. The summed E-state index contributed by atoms with van der Waals surface area (Å²) >= 11 is 0. The predicted octanol–water partition coefficient (Wildman–Crippen LogP) is 4.53. The lowest BCUT2D eigenvalue weighted by Gasteiger charge is -2.36. The summed E-state index contributed by atoms with van der Waals surface area (Å²) in [6, 6.07) is 0. The first kappa shape index (κ1) is 14.7. The molecule has 0 radical (unpaired) electrons. The van der Waals surface area contributed by atoms with Gasteiger partial charge in [0.2, 0.25) is 0 Å². The van der Waals surface area contributed by atoms with Gasteiger partial charge in [0.1, 0.15) is 0 Å². The molecule has 0 N–H and O–H groups in total. The maximum atomic E-state index is 6.04. The first-order chi connectivity index (χ1) is 6.70. The Labute approximate surface area is 96.4 Å². The Morgan fingerprint density at radius 2 is 1.87 bits per heavy atom. The molecule has 0 aromatic rings. The smallest absolute Gasteiger partial charge is 0.192 e. The van der Waals surface area contributed by atoms with Crippen molar-refractivity contribution in [2.24, 2.45) is 0 Å². The lowest BCUT2D eigenvalue weighted by atomic mass is 10.2. The molecule has 2 heteroatoms. The van der Waals surface area contributed by atoms with E-state index in [-0.39, 0.29) is 5.04 Å². The Kier molecular flexibility index (Phi) is 5.53. The maximum absolute atomic E-state index is 6.04. The van der Waals surface area contributed by atoms with E-state index in [4.69, 9.17) is 4.43 Å². The van der Waals surface area contributed by atoms with E-state index >= 15 is 0 Å². The molecule has 0 aliphatic heterocycles. The van der Waals surface area contributed by atoms with Crippen molar-refractivity contribution in [3.05, 3.63) is 24.3 Å². The zero-order valence-electron chi connectivity index (χ0n) is 11.2. The topological polar surface area (TPSA) is 9.23 Å². The predicted molar refractivity (Wildman–Crippen MR) is 71.7 cm³/mol. The average molecular weight is 226 g/mol. The quantitative estimate of drug-likeness (QED) is 0.494. The van der Waals surface area contributed by atoms with Crippen molar-refractivity contribution in [3.63, 3.8) is 0 Å². The van der Waals surface area contributed by atoms with E-state index in [1.165, 1.54) is 0 Å². The highest BCUT2D eigenvalue weighted by Gasteiger charge is 2.36. The number of hydrogen-bond donors (Lipinski definition) is 0. The summed E-state index contributed by atoms with van der Waals surface area (Å²) in [5, 5.41) is 0.280. The minimum Gasteiger partial charge on any atom is -0.413 e. The summed E-state index contributed by atoms with van der Waals surface area (Å²) in [6.45, 7) is 18.1. The molecule has 0 rings (SSSR count). The standard InChI is InChI=1S/C13H26OSi/c1-8-9-10-12(2)11-14-15(6,7)13(3,4)5/h9-10H,2,8,11H2,1,3-7H3. The van der Waals surface area contributed by atoms with Crippen LogP contribution in [0.5, 0.6) is 0 Å². The molecular formula is C13H26OSi. The van der Waals surface area contributed by atoms with Crippen LogP contribution in [0.15, 0.2) is 24.3 Å². The van der Waals surface area contributed by atoms with Crippen molar-refractivity contribution in [2.45, 2.75) is 52.2 Å². The van der Waals surface area contributed by atoms with Gasteiger partial charge in [-0.2, -0.15) is 0 Å². The molecule has 0 atom stereocenters. The van der Waals surface area contributed by atoms with Crippen LogP contribution in [0, 0.1) is 0 Å². The Morgan fingerprint density at radius 3 is 2.27 bits per heavy atom. The minimum absolute atomic E-state index is 0.280. The zero-order chi connectivity index (χ0) is 12.1. The van der Waals surface area contributed by atoms with Crippen molar-refractivity contribution in [1.29, 1.82) is 0 Å². The van der Waals surface area contributed by atoms with Crippen molar-refractivity contribution in [3.8, 4) is 0 Å². The maximum Gasteiger partial charge on any atom is 0.192 e. The van der Waals surface area contributed by atoms with E-state index in [1.807, 2.05) is 0 Å². The van der Waals surface area contributed by atoms with Gasteiger partial charge >= 0.3 is 0 Å². The molecule has 0 unspecified atom stereocenters. The molecule has 0 bridgehead atoms. The van der Waals surface area contributed by atoms with Crippen molar-refractivity contribution in [2.75, 3.05) is 6.61 Å². The molecule has 0 spiro atoms. The monoisotopic (exact) mass is 226 g/mol. The summed E-state index contributed by atoms with van der Waals surface area (Å²) in [4.78, 5) is 0. The summed E-state index contributed by atoms with van der Waals surface area (Å²) in [7, 11) is -1.60. The van der Waals surface area contributed by atoms with Crippen LogP contribution in [-0.2, 0) is 4.43 Å². The van der Waals surface area contributed by atoms with Crippen LogP contribution >= 0.6 is 0 Å². The second-order valence-electron chi connectivity index (χ2n) is 5.52. The van der Waals surface area contributed by atoms with E-state index in [1.54, 1.807) is 0 Å². The summed E-state index contributed by atoms with van der Waals surface area (Å²) in [5.74, 6) is 0. The van der Waals surface area contributed by atoms with Gasteiger partial charge in [-0.15, -0.1) is 0 Å². The number of allylic oxidation sites excluding steroid dienone is 1. The van der Waals surface area contributed by atoms with Crippen LogP contribution in [-0.4, -0.2) is 14.9 Å². The van der Waals surface area contributed by atoms with Gasteiger partial charge in [-0.3, -0.25) is 0 Å². The van der Waals surface area contributed by atoms with Gasteiger partial charge in [0, 0.05) is 0 Å². The molecule has 0 heterocycles. The Morgan fingerprint density at radius 1 is 1.33 bits per heavy atom. The third kappa shape index (κ3) is 5.33. The van der Waals surface area contributed by atoms with E-state index in [9.17, 15) is 0 Å². The molecule has 0 aliphatic rings. The van der Waals surface area contributed by atoms with Gasteiger partial charge in [0.05, 0.1) is 6.61 Å². The second kappa shape index (κ2) is 5.66. The molecule has 0 saturated carbocycles. The van der Waals surface area contributed by atoms with Crippen LogP contribution < -0.4 is 0 Å². The van der Waals surface area contributed by atoms with Gasteiger partial charge in [-0.1, -0.05) is 46.4 Å². The fraction of sp³-hybridized carbons (Fsp3) is 0.692. The van der Waals surface area contributed by atoms with Crippen molar-refractivity contribution >= 4 is 8.32 Å². The first-order valence-electron chi connectivity index (χ1n) is 5.69. The van der Waals surface area contributed by atoms with Crippen LogP contribution in [0.25, 0.3) is 0 Å². The molecule has 0 saturated heterocycles. The van der Waals surface area contributed by atoms with Crippen LogP contribution in [0.3, 0.4) is 0 Å². The zero-order valence-corrected chi connectivity index (χ0v) is 12.2. The molecular weight excluding hydrogens is 200 g/mol. The Bertz CT molecular complexity index is 233. The van der Waals surface area contributed by atoms with Gasteiger partial charge in [-0.05, 0) is 30.1 Å². The average Bonchev–Trinajstić information content (AvgIpc) is 2.09. The molecule has 0 aliphatic carbocycles. The van der Waals surface area contributed by atoms with E-state index in [0.717, 1.165) is 12.0 Å². The molecule has 15 heavy (non-hydrogen) atoms. The molecule has 0 fully saturated rings. The minimum atomic E-state index is -1.60. The van der Waals surface area contributed by atoms with E-state index in [0.29, 0.717) is 6.61 Å². The van der Waals surface area contributed by atoms with Crippen molar-refractivity contribution < 1.29 is 4.43 Å². The SMILES string of the molecule is C=C(C=CCC)CO[Si](C)(C)C(C)(C)C. The fourth-order valence-corrected chi connectivity index (χ4v) is 1.80. The summed E-state index contributed by atoms with van der Waals surface area (Å²) in [6.07, 6.45) is 5.24. The fourth-order valence-electron chi connectivity index (χ4n) is 0.822. The normalized spacial score (nSPS) is 13.5. The summed E-state index contributed by atoms with van der Waals surface area (Å²) in [5.41, 5.74) is 1.07. The highest BCUT2D eigenvalue weighted by atomic mass is 28.4. The number of rotatable bonds is 5. The molecule has 0 aromatic heterocycles. The van der Waals surface area contributed by atoms with E-state index in [2.05, 4.69) is 59.5 Å². The van der Waals surface area contributed by atoms with Crippen molar-refractivity contribution in [1.82, 2.24) is 0 Å². The highest BCUT2D eigenvalue weighted by Crippen LogP contribution is 2.36. The first-order valence-corrected chi connectivity index (χ1v) is 8.60. The molecule has 88 valence electrons. The Hall–Kier alpha value is -0.343.